The number of carboxylic acid groups (broad SMARTS) is 2. The van der Waals surface area contributed by atoms with Gasteiger partial charge in [0.2, 0.25) is 0 Å². The Morgan fingerprint density at radius 1 is 1.11 bits per heavy atom. The molecule has 18 heavy (non-hydrogen) atoms. The van der Waals surface area contributed by atoms with E-state index in [1.54, 1.807) is 6.92 Å². The van der Waals surface area contributed by atoms with Crippen LogP contribution in [0.5, 0.6) is 0 Å². The van der Waals surface area contributed by atoms with Gasteiger partial charge in [-0.05, 0) is 12.8 Å². The number of aliphatic carboxylic acids is 1. The zero-order chi connectivity index (χ0) is 13.1. The molecule has 0 aliphatic carbocycles. The summed E-state index contributed by atoms with van der Waals surface area (Å²) in [4.78, 5) is 41.1. The minimum atomic E-state index is -1.41. The number of rotatable bonds is 6. The summed E-state index contributed by atoms with van der Waals surface area (Å²) in [6.07, 6.45) is 0.719. The van der Waals surface area contributed by atoms with Crippen LogP contribution in [0.2, 0.25) is 0 Å². The van der Waals surface area contributed by atoms with Gasteiger partial charge in [-0.25, -0.2) is 0 Å². The molecular weight excluding hydrogens is 394 g/mol. The van der Waals surface area contributed by atoms with Gasteiger partial charge in [0.1, 0.15) is 0 Å². The molecule has 0 aromatic rings. The second kappa shape index (κ2) is 17.4. The van der Waals surface area contributed by atoms with E-state index in [-0.39, 0.29) is 84.7 Å². The Morgan fingerprint density at radius 3 is 1.72 bits per heavy atom. The molecule has 0 rings (SSSR count). The number of hydrogen-bond acceptors (Lipinski definition) is 4. The third-order valence-corrected chi connectivity index (χ3v) is 1.57. The van der Waals surface area contributed by atoms with Crippen LogP contribution in [0.3, 0.4) is 0 Å². The molecule has 0 fully saturated rings. The SMILES string of the molecule is CCCC(=O)[C-](C(=O)O)C(=O)CC.O=CO.[Y].[Y]. The van der Waals surface area contributed by atoms with Gasteiger partial charge in [0.15, 0.2) is 5.97 Å². The number of carbonyl (C=O) groups excluding carboxylic acids is 2. The first-order chi connectivity index (χ1) is 7.45. The topological polar surface area (TPSA) is 109 Å². The first kappa shape index (κ1) is 26.8. The molecule has 6 nitrogen and oxygen atoms in total. The molecule has 0 saturated heterocycles. The summed E-state index contributed by atoms with van der Waals surface area (Å²) >= 11 is 0. The molecule has 2 radical (unpaired) electrons. The van der Waals surface area contributed by atoms with Gasteiger partial charge in [-0.3, -0.25) is 9.59 Å². The largest absolute Gasteiger partial charge is 0.502 e. The van der Waals surface area contributed by atoms with E-state index >= 15 is 0 Å². The van der Waals surface area contributed by atoms with E-state index in [2.05, 4.69) is 0 Å². The van der Waals surface area contributed by atoms with Crippen LogP contribution in [0.1, 0.15) is 33.1 Å². The van der Waals surface area contributed by atoms with Crippen molar-refractivity contribution in [2.45, 2.75) is 33.1 Å². The number of carbonyl (C=O) groups is 4. The summed E-state index contributed by atoms with van der Waals surface area (Å²) in [7, 11) is 0. The van der Waals surface area contributed by atoms with Crippen LogP contribution in [0.15, 0.2) is 0 Å². The Balaban J connectivity index is -0.000000177. The van der Waals surface area contributed by atoms with Gasteiger partial charge in [0.05, 0.1) is 0 Å². The van der Waals surface area contributed by atoms with E-state index < -0.39 is 23.5 Å². The van der Waals surface area contributed by atoms with Gasteiger partial charge in [-0.15, -0.1) is 5.92 Å². The van der Waals surface area contributed by atoms with Crippen LogP contribution >= 0.6 is 0 Å². The minimum Gasteiger partial charge on any atom is -0.502 e. The van der Waals surface area contributed by atoms with Crippen molar-refractivity contribution in [3.63, 3.8) is 0 Å². The van der Waals surface area contributed by atoms with E-state index in [1.165, 1.54) is 6.92 Å². The van der Waals surface area contributed by atoms with Gasteiger partial charge in [0.25, 0.3) is 6.47 Å². The van der Waals surface area contributed by atoms with Gasteiger partial charge in [0, 0.05) is 77.0 Å². The van der Waals surface area contributed by atoms with Crippen LogP contribution in [0.25, 0.3) is 0 Å². The summed E-state index contributed by atoms with van der Waals surface area (Å²) in [5.41, 5.74) is 0. The molecule has 0 aromatic carbocycles. The third kappa shape index (κ3) is 12.8. The third-order valence-electron chi connectivity index (χ3n) is 1.57. The molecule has 0 aromatic heterocycles. The van der Waals surface area contributed by atoms with Crippen molar-refractivity contribution in [1.29, 1.82) is 0 Å². The second-order valence-electron chi connectivity index (χ2n) is 2.74. The van der Waals surface area contributed by atoms with Crippen molar-refractivity contribution in [3.8, 4) is 0 Å². The van der Waals surface area contributed by atoms with E-state index in [9.17, 15) is 14.4 Å². The second-order valence-corrected chi connectivity index (χ2v) is 2.74. The summed E-state index contributed by atoms with van der Waals surface area (Å²) in [6, 6.07) is 0. The number of hydrogen-bond donors (Lipinski definition) is 2. The van der Waals surface area contributed by atoms with E-state index in [4.69, 9.17) is 15.0 Å². The maximum atomic E-state index is 11.1. The fourth-order valence-electron chi connectivity index (χ4n) is 0.923. The molecule has 0 aliphatic rings. The Morgan fingerprint density at radius 2 is 1.50 bits per heavy atom. The van der Waals surface area contributed by atoms with Gasteiger partial charge in [-0.2, -0.15) is 0 Å². The predicted octanol–water partition coefficient (Wildman–Crippen LogP) is 0.690. The fraction of sp³-hybridized carbons (Fsp3) is 0.500. The molecular formula is C10H15O6Y2-. The number of ketones is 2. The van der Waals surface area contributed by atoms with Gasteiger partial charge >= 0.3 is 0 Å². The van der Waals surface area contributed by atoms with Crippen LogP contribution in [-0.4, -0.2) is 34.2 Å². The molecule has 0 saturated carbocycles. The van der Waals surface area contributed by atoms with Crippen LogP contribution in [-0.2, 0) is 84.6 Å². The zero-order valence-electron chi connectivity index (χ0n) is 10.4. The number of carboxylic acids is 1. The molecule has 0 bridgehead atoms. The van der Waals surface area contributed by atoms with Crippen molar-refractivity contribution < 1.29 is 94.8 Å². The normalized spacial score (nSPS) is 7.44. The van der Waals surface area contributed by atoms with Crippen molar-refractivity contribution in [3.05, 3.63) is 5.92 Å². The molecule has 0 heterocycles. The molecule has 2 N–H and O–H groups in total. The Kier molecular flexibility index (Phi) is 25.9. The molecule has 98 valence electrons. The van der Waals surface area contributed by atoms with Crippen LogP contribution < -0.4 is 0 Å². The first-order valence-electron chi connectivity index (χ1n) is 4.70. The van der Waals surface area contributed by atoms with Gasteiger partial charge in [-0.1, -0.05) is 20.3 Å². The zero-order valence-corrected chi connectivity index (χ0v) is 16.1. The maximum Gasteiger partial charge on any atom is 0.290 e. The fourth-order valence-corrected chi connectivity index (χ4v) is 0.923. The summed E-state index contributed by atoms with van der Waals surface area (Å²) in [5.74, 6) is -3.15. The van der Waals surface area contributed by atoms with Crippen LogP contribution in [0, 0.1) is 5.92 Å². The summed E-state index contributed by atoms with van der Waals surface area (Å²) < 4.78 is 0. The van der Waals surface area contributed by atoms with Crippen molar-refractivity contribution in [1.82, 2.24) is 0 Å². The molecule has 8 heteroatoms. The number of Topliss-reactive ketones (excluding diaryl/α,β-unsaturated/α-hetero) is 2. The summed E-state index contributed by atoms with van der Waals surface area (Å²) in [5, 5.41) is 15.5. The van der Waals surface area contributed by atoms with Gasteiger partial charge < -0.3 is 19.8 Å². The first-order valence-corrected chi connectivity index (χ1v) is 4.70. The molecule has 0 amide bonds. The molecule has 0 spiro atoms. The maximum absolute atomic E-state index is 11.1. The Labute approximate surface area is 156 Å². The van der Waals surface area contributed by atoms with Crippen molar-refractivity contribution in [2.75, 3.05) is 0 Å². The van der Waals surface area contributed by atoms with Crippen molar-refractivity contribution >= 4 is 24.0 Å². The standard InChI is InChI=1S/C9H13O4.CH2O2.2Y/c1-3-5-7(11)8(9(12)13)6(10)4-2;2-1-3;;/h3-5H2,1-2H3,(H,12,13);1H,(H,2,3);;/q-1;;;. The van der Waals surface area contributed by atoms with E-state index in [0.717, 1.165) is 0 Å². The average Bonchev–Trinajstić information content (AvgIpc) is 2.18. The van der Waals surface area contributed by atoms with Crippen molar-refractivity contribution in [2.24, 2.45) is 0 Å². The minimum absolute atomic E-state index is 0. The Bertz CT molecular complexity index is 267. The summed E-state index contributed by atoms with van der Waals surface area (Å²) in [6.45, 7) is 3.04. The van der Waals surface area contributed by atoms with E-state index in [0.29, 0.717) is 6.42 Å². The molecule has 0 atom stereocenters. The monoisotopic (exact) mass is 409 g/mol. The quantitative estimate of drug-likeness (QED) is 0.380. The molecule has 0 aliphatic heterocycles. The van der Waals surface area contributed by atoms with Crippen LogP contribution in [0.4, 0.5) is 0 Å². The molecule has 0 unspecified atom stereocenters. The average molecular weight is 409 g/mol. The van der Waals surface area contributed by atoms with E-state index in [1.807, 2.05) is 0 Å². The smallest absolute Gasteiger partial charge is 0.290 e. The Hall–Kier alpha value is 0.358. The predicted molar refractivity (Wildman–Crippen MR) is 54.8 cm³/mol.